The minimum Gasteiger partial charge on any atom is -0.425 e. The highest BCUT2D eigenvalue weighted by atomic mass is 35.5. The number of aromatic nitrogens is 6. The number of terminal acetylenes is 1. The normalized spacial score (nSPS) is 16.2. The lowest BCUT2D eigenvalue weighted by Gasteiger charge is -2.29. The van der Waals surface area contributed by atoms with Gasteiger partial charge in [-0.1, -0.05) is 110 Å². The molecule has 0 saturated carbocycles. The van der Waals surface area contributed by atoms with Gasteiger partial charge in [0.25, 0.3) is 17.6 Å². The number of pyridine rings is 2. The Balaban J connectivity index is 0.000000162. The second kappa shape index (κ2) is 26.7. The second-order valence-corrected chi connectivity index (χ2v) is 20.8. The molecule has 0 aliphatic carbocycles. The van der Waals surface area contributed by atoms with E-state index in [2.05, 4.69) is 70.5 Å². The first-order valence-corrected chi connectivity index (χ1v) is 25.8. The molecule has 384 valence electrons. The molecule has 0 spiro atoms. The monoisotopic (exact) mass is 1090 g/mol. The summed E-state index contributed by atoms with van der Waals surface area (Å²) in [5.41, 5.74) is 9.25. The SMILES string of the molecule is C#Cc1ccccn1.CC1(C)CCC(=O)NC1.CC1CCc2nc3cc(C#Cc4ccccn4)cc(Cl)c3c(=O)n2CC1.CC1CCc2nc3cc(Cl)cc(Cl)c3c(=O)n2CC1.Nc1cc(Cl)cc(Cl)c1OC=O. The van der Waals surface area contributed by atoms with Crippen molar-refractivity contribution in [3.05, 3.63) is 160 Å². The molecule has 18 heteroatoms. The minimum atomic E-state index is -0.0478. The molecule has 3 aliphatic heterocycles. The number of aryl methyl sites for hydroxylation is 2. The number of carbonyl (C=O) groups excluding carboxylic acids is 2. The lowest BCUT2D eigenvalue weighted by Crippen LogP contribution is -2.39. The summed E-state index contributed by atoms with van der Waals surface area (Å²) in [5.74, 6) is 11.7. The van der Waals surface area contributed by atoms with Crippen LogP contribution in [0.2, 0.25) is 25.1 Å². The maximum atomic E-state index is 12.9. The third kappa shape index (κ3) is 15.8. The van der Waals surface area contributed by atoms with Gasteiger partial charge in [0, 0.05) is 66.9 Å². The zero-order valence-corrected chi connectivity index (χ0v) is 45.1. The molecular weight excluding hydrogens is 1040 g/mol. The van der Waals surface area contributed by atoms with Gasteiger partial charge in [-0.2, -0.15) is 0 Å². The Labute approximate surface area is 455 Å². The van der Waals surface area contributed by atoms with Gasteiger partial charge >= 0.3 is 0 Å². The summed E-state index contributed by atoms with van der Waals surface area (Å²) in [5, 5.41) is 5.70. The molecule has 74 heavy (non-hydrogen) atoms. The van der Waals surface area contributed by atoms with Gasteiger partial charge in [-0.15, -0.1) is 6.42 Å². The molecule has 3 aromatic carbocycles. The summed E-state index contributed by atoms with van der Waals surface area (Å²) in [6, 6.07) is 20.9. The van der Waals surface area contributed by atoms with Crippen molar-refractivity contribution >= 4 is 97.9 Å². The molecule has 3 N–H and O–H groups in total. The van der Waals surface area contributed by atoms with E-state index >= 15 is 0 Å². The van der Waals surface area contributed by atoms with Crippen LogP contribution in [0.25, 0.3) is 21.8 Å². The Kier molecular flexibility index (Phi) is 20.5. The number of nitrogens with two attached hydrogens (primary N) is 1. The van der Waals surface area contributed by atoms with Gasteiger partial charge < -0.3 is 15.8 Å². The zero-order chi connectivity index (χ0) is 53.5. The van der Waals surface area contributed by atoms with Gasteiger partial charge in [0.05, 0.1) is 42.6 Å². The predicted octanol–water partition coefficient (Wildman–Crippen LogP) is 11.6. The number of halogens is 5. The molecule has 13 nitrogen and oxygen atoms in total. The van der Waals surface area contributed by atoms with Gasteiger partial charge in [-0.25, -0.2) is 19.9 Å². The average molecular weight is 1100 g/mol. The Hall–Kier alpha value is -6.45. The lowest BCUT2D eigenvalue weighted by molar-refractivity contribution is -0.124. The van der Waals surface area contributed by atoms with Crippen molar-refractivity contribution in [2.45, 2.75) is 92.2 Å². The van der Waals surface area contributed by atoms with E-state index < -0.39 is 0 Å². The van der Waals surface area contributed by atoms with Crippen LogP contribution in [0, 0.1) is 41.4 Å². The van der Waals surface area contributed by atoms with E-state index in [4.69, 9.17) is 75.1 Å². The summed E-state index contributed by atoms with van der Waals surface area (Å²) >= 11 is 29.8. The first-order chi connectivity index (χ1) is 35.4. The molecule has 2 atom stereocenters. The van der Waals surface area contributed by atoms with Crippen LogP contribution in [0.5, 0.6) is 5.75 Å². The number of hydrogen-bond donors (Lipinski definition) is 2. The number of fused-ring (bicyclic) bond motifs is 4. The van der Waals surface area contributed by atoms with E-state index in [1.807, 2.05) is 36.4 Å². The van der Waals surface area contributed by atoms with Crippen LogP contribution >= 0.6 is 58.0 Å². The van der Waals surface area contributed by atoms with Crippen LogP contribution in [0.15, 0.2) is 94.8 Å². The number of rotatable bonds is 2. The number of piperidine rings is 1. The highest BCUT2D eigenvalue weighted by Crippen LogP contribution is 2.34. The van der Waals surface area contributed by atoms with Crippen molar-refractivity contribution in [3.63, 3.8) is 0 Å². The quantitative estimate of drug-likeness (QED) is 0.0962. The fourth-order valence-corrected chi connectivity index (χ4v) is 9.46. The summed E-state index contributed by atoms with van der Waals surface area (Å²) in [6.07, 6.45) is 15.9. The predicted molar refractivity (Wildman–Crippen MR) is 297 cm³/mol. The molecule has 2 unspecified atom stereocenters. The molecular formula is C56H55Cl5N8O5. The first kappa shape index (κ1) is 56.8. The highest BCUT2D eigenvalue weighted by Gasteiger charge is 2.24. The lowest BCUT2D eigenvalue weighted by atomic mass is 9.85. The summed E-state index contributed by atoms with van der Waals surface area (Å²) in [6.45, 7) is 11.3. The van der Waals surface area contributed by atoms with Crippen molar-refractivity contribution in [1.29, 1.82) is 0 Å². The first-order valence-electron chi connectivity index (χ1n) is 23.9. The number of nitrogens with zero attached hydrogens (tertiary/aromatic N) is 6. The highest BCUT2D eigenvalue weighted by molar-refractivity contribution is 6.38. The number of amides is 1. The molecule has 0 bridgehead atoms. The molecule has 1 fully saturated rings. The smallest absolute Gasteiger partial charge is 0.298 e. The summed E-state index contributed by atoms with van der Waals surface area (Å²) < 4.78 is 8.08. The third-order valence-corrected chi connectivity index (χ3v) is 13.7. The van der Waals surface area contributed by atoms with E-state index in [9.17, 15) is 19.2 Å². The number of hydrogen-bond acceptors (Lipinski definition) is 10. The largest absolute Gasteiger partial charge is 0.425 e. The summed E-state index contributed by atoms with van der Waals surface area (Å²) in [7, 11) is 0. The van der Waals surface area contributed by atoms with Gasteiger partial charge in [0.2, 0.25) is 5.91 Å². The van der Waals surface area contributed by atoms with Crippen LogP contribution in [0.4, 0.5) is 5.69 Å². The van der Waals surface area contributed by atoms with Gasteiger partial charge in [-0.3, -0.25) is 28.3 Å². The molecule has 7 aromatic rings. The van der Waals surface area contributed by atoms with E-state index in [0.717, 1.165) is 75.2 Å². The van der Waals surface area contributed by atoms with Crippen molar-refractivity contribution in [2.75, 3.05) is 12.3 Å². The van der Waals surface area contributed by atoms with Crippen LogP contribution in [-0.2, 0) is 35.5 Å². The van der Waals surface area contributed by atoms with Crippen LogP contribution in [0.3, 0.4) is 0 Å². The number of ether oxygens (including phenoxy) is 1. The Morgan fingerprint density at radius 2 is 1.26 bits per heavy atom. The van der Waals surface area contributed by atoms with E-state index in [-0.39, 0.29) is 40.0 Å². The second-order valence-electron chi connectivity index (χ2n) is 18.8. The van der Waals surface area contributed by atoms with Gasteiger partial charge in [0.1, 0.15) is 23.0 Å². The molecule has 1 amide bonds. The van der Waals surface area contributed by atoms with Gasteiger partial charge in [0.15, 0.2) is 5.75 Å². The van der Waals surface area contributed by atoms with Crippen LogP contribution in [-0.4, -0.2) is 48.0 Å². The zero-order valence-electron chi connectivity index (χ0n) is 41.4. The molecule has 10 rings (SSSR count). The van der Waals surface area contributed by atoms with Gasteiger partial charge in [-0.05, 0) is 116 Å². The molecule has 1 saturated heterocycles. The molecule has 4 aromatic heterocycles. The fraction of sp³-hybridized carbons (Fsp3) is 0.321. The van der Waals surface area contributed by atoms with Crippen molar-refractivity contribution in [2.24, 2.45) is 17.3 Å². The van der Waals surface area contributed by atoms with Crippen LogP contribution in [0.1, 0.15) is 94.8 Å². The number of carbonyl (C=O) groups is 2. The minimum absolute atomic E-state index is 0.0456. The Morgan fingerprint density at radius 3 is 1.74 bits per heavy atom. The van der Waals surface area contributed by atoms with E-state index in [0.29, 0.717) is 83.5 Å². The molecule has 0 radical (unpaired) electrons. The summed E-state index contributed by atoms with van der Waals surface area (Å²) in [4.78, 5) is 63.5. The third-order valence-electron chi connectivity index (χ3n) is 12.4. The van der Waals surface area contributed by atoms with Crippen molar-refractivity contribution in [3.8, 4) is 29.9 Å². The standard InChI is InChI=1S/C21H18ClN3O.C14H14Cl2N2O.C7H5Cl2NO2.C7H13NO.C7H5N/c1-14-5-8-19-24-18-13-15(6-7-16-4-2-3-10-23-16)12-17(22)20(18)21(26)25(19)11-9-14;1-8-2-3-12-17-11-7-9(15)6-10(16)13(11)14(19)18(12)5-4-8;8-4-1-5(9)7(12-3-11)6(10)2-4;1-7(2)4-3-6(9)8-5-7;1-2-7-5-3-4-6-8-7/h2-4,10,12-14H,5,8-9,11H2,1H3;6-8H,2-5H2,1H3;1-3H,10H2;3-5H2,1-2H3,(H,8,9);1,3-6H. The van der Waals surface area contributed by atoms with E-state index in [1.54, 1.807) is 45.8 Å². The maximum absolute atomic E-state index is 12.9. The number of anilines is 1. The number of nitrogen functional groups attached to an aromatic ring is 1. The Morgan fingerprint density at radius 1 is 0.716 bits per heavy atom. The topological polar surface area (TPSA) is 177 Å². The van der Waals surface area contributed by atoms with E-state index in [1.165, 1.54) is 12.1 Å². The van der Waals surface area contributed by atoms with Crippen molar-refractivity contribution < 1.29 is 14.3 Å². The fourth-order valence-electron chi connectivity index (χ4n) is 8.05. The Bertz CT molecular complexity index is 3330. The van der Waals surface area contributed by atoms with Crippen molar-refractivity contribution in [1.82, 2.24) is 34.4 Å². The number of nitrogens with one attached hydrogen (secondary N) is 1. The maximum Gasteiger partial charge on any atom is 0.298 e. The average Bonchev–Trinajstić information content (AvgIpc) is 3.68. The van der Waals surface area contributed by atoms with Crippen LogP contribution < -0.4 is 26.9 Å². The number of benzene rings is 3. The molecule has 7 heterocycles. The molecule has 3 aliphatic rings.